The zero-order valence-electron chi connectivity index (χ0n) is 27.0. The predicted octanol–water partition coefficient (Wildman–Crippen LogP) is 6.86. The van der Waals surface area contributed by atoms with Gasteiger partial charge in [0.15, 0.2) is 11.6 Å². The Kier molecular flexibility index (Phi) is 9.68. The number of aliphatic carboxylic acids is 1. The van der Waals surface area contributed by atoms with E-state index in [2.05, 4.69) is 25.9 Å². The average Bonchev–Trinajstić information content (AvgIpc) is 3.65. The van der Waals surface area contributed by atoms with Crippen LogP contribution < -0.4 is 9.47 Å². The smallest absolute Gasteiger partial charge is 0.328 e. The molecule has 1 aliphatic heterocycles. The van der Waals surface area contributed by atoms with E-state index in [9.17, 15) is 14.3 Å². The van der Waals surface area contributed by atoms with Crippen molar-refractivity contribution in [3.63, 3.8) is 0 Å². The Balaban J connectivity index is 1.12. The third-order valence-corrected chi connectivity index (χ3v) is 8.66. The summed E-state index contributed by atoms with van der Waals surface area (Å²) in [6.07, 6.45) is 6.81. The van der Waals surface area contributed by atoms with Crippen molar-refractivity contribution >= 4 is 22.6 Å². The maximum atomic E-state index is 14.2. The van der Waals surface area contributed by atoms with E-state index in [1.54, 1.807) is 6.07 Å². The van der Waals surface area contributed by atoms with Crippen LogP contribution in [-0.4, -0.2) is 54.3 Å². The fraction of sp³-hybridized carbons (Fsp3) is 0.324. The summed E-state index contributed by atoms with van der Waals surface area (Å²) in [5.41, 5.74) is 6.24. The van der Waals surface area contributed by atoms with E-state index in [0.29, 0.717) is 18.7 Å². The topological polar surface area (TPSA) is 94.6 Å². The van der Waals surface area contributed by atoms with E-state index < -0.39 is 5.97 Å². The number of imidazole rings is 2. The molecule has 1 aliphatic rings. The number of ether oxygens (including phenoxy) is 2. The number of halogens is 1. The van der Waals surface area contributed by atoms with Crippen LogP contribution in [0.5, 0.6) is 11.5 Å². The number of nitrogens with zero attached hydrogens (tertiary/aromatic N) is 5. The van der Waals surface area contributed by atoms with Gasteiger partial charge in [0.2, 0.25) is 0 Å². The standard InChI is InChI=1S/C37H40FN5O4/c1-4-42-24-39-20-29(42)21-43-34-19-28(26(3)17-37(44)45)9-10-33(34)40-36(43)22-41-14-12-30(13-15-41)47-31-7-5-6-27(18-31)23-46-35-11-8-25(2)16-32(35)38/h5-11,16-20,24,30H,4,12-15,21-23H2,1-3H3,(H,44,45)/b26-17+. The van der Waals surface area contributed by atoms with Gasteiger partial charge in [-0.05, 0) is 92.3 Å². The number of aromatic nitrogens is 4. The lowest BCUT2D eigenvalue weighted by Crippen LogP contribution is -2.38. The summed E-state index contributed by atoms with van der Waals surface area (Å²) >= 11 is 0. The van der Waals surface area contributed by atoms with Gasteiger partial charge in [0, 0.05) is 31.9 Å². The highest BCUT2D eigenvalue weighted by Gasteiger charge is 2.23. The Hall–Kier alpha value is -4.96. The summed E-state index contributed by atoms with van der Waals surface area (Å²) in [4.78, 5) is 23.1. The molecule has 3 heterocycles. The minimum atomic E-state index is -0.965. The van der Waals surface area contributed by atoms with Crippen molar-refractivity contribution in [1.29, 1.82) is 0 Å². The van der Waals surface area contributed by atoms with Gasteiger partial charge in [-0.2, -0.15) is 0 Å². The van der Waals surface area contributed by atoms with Gasteiger partial charge in [-0.15, -0.1) is 0 Å². The number of benzene rings is 3. The Morgan fingerprint density at radius 3 is 2.68 bits per heavy atom. The molecule has 0 spiro atoms. The Morgan fingerprint density at radius 1 is 1.09 bits per heavy atom. The van der Waals surface area contributed by atoms with Gasteiger partial charge in [-0.25, -0.2) is 19.2 Å². The molecule has 0 amide bonds. The largest absolute Gasteiger partial charge is 0.490 e. The third kappa shape index (κ3) is 7.72. The summed E-state index contributed by atoms with van der Waals surface area (Å²) in [6.45, 7) is 9.85. The van der Waals surface area contributed by atoms with Gasteiger partial charge in [-0.3, -0.25) is 4.90 Å². The molecule has 0 unspecified atom stereocenters. The molecule has 2 aromatic heterocycles. The van der Waals surface area contributed by atoms with Crippen molar-refractivity contribution in [2.24, 2.45) is 0 Å². The molecule has 244 valence electrons. The molecule has 1 fully saturated rings. The lowest BCUT2D eigenvalue weighted by molar-refractivity contribution is -0.131. The summed E-state index contributed by atoms with van der Waals surface area (Å²) in [5.74, 6) is 0.654. The minimum Gasteiger partial charge on any atom is -0.490 e. The zero-order chi connectivity index (χ0) is 32.9. The molecule has 0 atom stereocenters. The second-order valence-corrected chi connectivity index (χ2v) is 12.1. The second kappa shape index (κ2) is 14.2. The summed E-state index contributed by atoms with van der Waals surface area (Å²) in [7, 11) is 0. The van der Waals surface area contributed by atoms with Crippen LogP contribution in [0.15, 0.2) is 79.3 Å². The van der Waals surface area contributed by atoms with Gasteiger partial charge in [-0.1, -0.05) is 24.3 Å². The molecule has 3 aromatic carbocycles. The number of hydrogen-bond donors (Lipinski definition) is 1. The second-order valence-electron chi connectivity index (χ2n) is 12.1. The maximum Gasteiger partial charge on any atom is 0.328 e. The number of likely N-dealkylation sites (tertiary alicyclic amines) is 1. The summed E-state index contributed by atoms with van der Waals surface area (Å²) in [5, 5.41) is 9.28. The number of carboxylic acids is 1. The van der Waals surface area contributed by atoms with Crippen LogP contribution in [0.4, 0.5) is 4.39 Å². The Bertz CT molecular complexity index is 1900. The van der Waals surface area contributed by atoms with E-state index in [4.69, 9.17) is 14.5 Å². The van der Waals surface area contributed by atoms with Crippen molar-refractivity contribution in [2.45, 2.75) is 66.0 Å². The number of carbonyl (C=O) groups is 1. The first-order valence-corrected chi connectivity index (χ1v) is 16.0. The predicted molar refractivity (Wildman–Crippen MR) is 179 cm³/mol. The first-order valence-electron chi connectivity index (χ1n) is 16.0. The first kappa shape index (κ1) is 32.0. The molecule has 0 radical (unpaired) electrons. The van der Waals surface area contributed by atoms with Crippen molar-refractivity contribution in [3.8, 4) is 11.5 Å². The van der Waals surface area contributed by atoms with Gasteiger partial charge in [0.05, 0.1) is 36.1 Å². The number of fused-ring (bicyclic) bond motifs is 1. The molecule has 6 rings (SSSR count). The number of allylic oxidation sites excluding steroid dienone is 1. The zero-order valence-corrected chi connectivity index (χ0v) is 27.0. The molecule has 1 N–H and O–H groups in total. The van der Waals surface area contributed by atoms with Crippen molar-refractivity contribution in [3.05, 3.63) is 113 Å². The first-order chi connectivity index (χ1) is 22.7. The molecule has 10 heteroatoms. The number of piperidine rings is 1. The molecular formula is C37H40FN5O4. The van der Waals surface area contributed by atoms with E-state index in [-0.39, 0.29) is 24.3 Å². The molecule has 0 saturated carbocycles. The van der Waals surface area contributed by atoms with E-state index >= 15 is 0 Å². The fourth-order valence-electron chi connectivity index (χ4n) is 6.08. The van der Waals surface area contributed by atoms with Crippen LogP contribution in [0.1, 0.15) is 54.9 Å². The molecule has 1 saturated heterocycles. The number of rotatable bonds is 12. The van der Waals surface area contributed by atoms with Crippen LogP contribution in [0.3, 0.4) is 0 Å². The van der Waals surface area contributed by atoms with Crippen molar-refractivity contribution < 1.29 is 23.8 Å². The third-order valence-electron chi connectivity index (χ3n) is 8.66. The van der Waals surface area contributed by atoms with Crippen LogP contribution >= 0.6 is 0 Å². The van der Waals surface area contributed by atoms with E-state index in [1.165, 1.54) is 12.1 Å². The monoisotopic (exact) mass is 637 g/mol. The molecule has 0 aliphatic carbocycles. The van der Waals surface area contributed by atoms with Gasteiger partial charge in [0.1, 0.15) is 24.3 Å². The molecule has 47 heavy (non-hydrogen) atoms. The Labute approximate surface area is 273 Å². The Morgan fingerprint density at radius 2 is 1.91 bits per heavy atom. The number of hydrogen-bond acceptors (Lipinski definition) is 6. The van der Waals surface area contributed by atoms with Crippen LogP contribution in [-0.2, 0) is 31.0 Å². The lowest BCUT2D eigenvalue weighted by Gasteiger charge is -2.32. The highest BCUT2D eigenvalue weighted by molar-refractivity contribution is 5.91. The lowest BCUT2D eigenvalue weighted by atomic mass is 10.1. The molecule has 5 aromatic rings. The minimum absolute atomic E-state index is 0.0845. The van der Waals surface area contributed by atoms with E-state index in [1.807, 2.05) is 74.9 Å². The maximum absolute atomic E-state index is 14.2. The number of carboxylic acid groups (broad SMARTS) is 1. The SMILES string of the molecule is CCn1cncc1Cn1c(CN2CCC(Oc3cccc(COc4ccc(C)cc4F)c3)CC2)nc2ccc(/C(C)=C/C(=O)O)cc21. The van der Waals surface area contributed by atoms with Gasteiger partial charge >= 0.3 is 5.97 Å². The number of aryl methyl sites for hydroxylation is 2. The highest BCUT2D eigenvalue weighted by Crippen LogP contribution is 2.27. The van der Waals surface area contributed by atoms with Crippen molar-refractivity contribution in [1.82, 2.24) is 24.0 Å². The molecule has 9 nitrogen and oxygen atoms in total. The van der Waals surface area contributed by atoms with Gasteiger partial charge < -0.3 is 23.7 Å². The fourth-order valence-corrected chi connectivity index (χ4v) is 6.08. The van der Waals surface area contributed by atoms with Crippen LogP contribution in [0.25, 0.3) is 16.6 Å². The molecular weight excluding hydrogens is 597 g/mol. The average molecular weight is 638 g/mol. The van der Waals surface area contributed by atoms with E-state index in [0.717, 1.165) is 77.5 Å². The molecule has 0 bridgehead atoms. The quantitative estimate of drug-likeness (QED) is 0.149. The van der Waals surface area contributed by atoms with Gasteiger partial charge in [0.25, 0.3) is 0 Å². The normalized spacial score (nSPS) is 14.5. The van der Waals surface area contributed by atoms with Crippen molar-refractivity contribution in [2.75, 3.05) is 13.1 Å². The van der Waals surface area contributed by atoms with Crippen LogP contribution in [0, 0.1) is 12.7 Å². The summed E-state index contributed by atoms with van der Waals surface area (Å²) in [6, 6.07) is 18.7. The highest BCUT2D eigenvalue weighted by atomic mass is 19.1. The van der Waals surface area contributed by atoms with Crippen LogP contribution in [0.2, 0.25) is 0 Å². The summed E-state index contributed by atoms with van der Waals surface area (Å²) < 4.78 is 30.7.